The number of non-ortho nitro benzene ring substituents is 1. The monoisotopic (exact) mass is 382 g/mol. The lowest BCUT2D eigenvalue weighted by atomic mass is 10.2. The van der Waals surface area contributed by atoms with Crippen LogP contribution in [0.2, 0.25) is 0 Å². The fraction of sp³-hybridized carbons (Fsp3) is 0.167. The maximum absolute atomic E-state index is 10.8. The van der Waals surface area contributed by atoms with E-state index in [1.165, 1.54) is 18.5 Å². The minimum Gasteiger partial charge on any atom is -0.493 e. The van der Waals surface area contributed by atoms with Crippen LogP contribution in [0.3, 0.4) is 0 Å². The van der Waals surface area contributed by atoms with E-state index in [0.29, 0.717) is 34.8 Å². The normalized spacial score (nSPS) is 10.2. The highest BCUT2D eigenvalue weighted by molar-refractivity contribution is 5.62. The van der Waals surface area contributed by atoms with Crippen LogP contribution in [-0.4, -0.2) is 41.1 Å². The number of hydrogen-bond acceptors (Lipinski definition) is 9. The SMILES string of the molecule is COc1ccc(Nc2ncnc(N(C)c3ccc([N+](=O)[O-])cc3)n2)cc1OC. The van der Waals surface area contributed by atoms with Crippen LogP contribution in [0.15, 0.2) is 48.8 Å². The Kier molecular flexibility index (Phi) is 5.49. The van der Waals surface area contributed by atoms with Crippen molar-refractivity contribution in [1.82, 2.24) is 15.0 Å². The summed E-state index contributed by atoms with van der Waals surface area (Å²) in [6.07, 6.45) is 1.38. The quantitative estimate of drug-likeness (QED) is 0.485. The second-order valence-corrected chi connectivity index (χ2v) is 5.64. The maximum Gasteiger partial charge on any atom is 0.269 e. The maximum atomic E-state index is 10.8. The molecule has 0 saturated carbocycles. The predicted molar refractivity (Wildman–Crippen MR) is 104 cm³/mol. The highest BCUT2D eigenvalue weighted by Gasteiger charge is 2.12. The average molecular weight is 382 g/mol. The Bertz CT molecular complexity index is 980. The predicted octanol–water partition coefficient (Wildman–Crippen LogP) is 3.31. The molecule has 0 atom stereocenters. The molecule has 2 aromatic carbocycles. The molecule has 10 nitrogen and oxygen atoms in total. The number of methoxy groups -OCH3 is 2. The first-order chi connectivity index (χ1) is 13.5. The van der Waals surface area contributed by atoms with E-state index in [2.05, 4.69) is 20.3 Å². The van der Waals surface area contributed by atoms with Gasteiger partial charge in [0.25, 0.3) is 5.69 Å². The van der Waals surface area contributed by atoms with Crippen molar-refractivity contribution in [3.05, 3.63) is 58.9 Å². The molecule has 0 radical (unpaired) electrons. The zero-order chi connectivity index (χ0) is 20.1. The summed E-state index contributed by atoms with van der Waals surface area (Å²) in [5.41, 5.74) is 1.44. The van der Waals surface area contributed by atoms with Crippen molar-refractivity contribution in [3.63, 3.8) is 0 Å². The molecule has 28 heavy (non-hydrogen) atoms. The molecule has 1 heterocycles. The molecule has 3 rings (SSSR count). The Morgan fingerprint density at radius 1 is 1.04 bits per heavy atom. The largest absolute Gasteiger partial charge is 0.493 e. The van der Waals surface area contributed by atoms with Crippen molar-refractivity contribution in [2.45, 2.75) is 0 Å². The summed E-state index contributed by atoms with van der Waals surface area (Å²) in [4.78, 5) is 24.7. The van der Waals surface area contributed by atoms with E-state index in [4.69, 9.17) is 9.47 Å². The Morgan fingerprint density at radius 3 is 2.39 bits per heavy atom. The zero-order valence-corrected chi connectivity index (χ0v) is 15.5. The van der Waals surface area contributed by atoms with Gasteiger partial charge in [-0.25, -0.2) is 9.97 Å². The standard InChI is InChI=1S/C18H18N6O4/c1-23(13-5-7-14(8-6-13)24(25)26)18-20-11-19-17(22-18)21-12-4-9-15(27-2)16(10-12)28-3/h4-11H,1-3H3,(H,19,20,21,22). The molecular weight excluding hydrogens is 364 g/mol. The first-order valence-electron chi connectivity index (χ1n) is 8.18. The van der Waals surface area contributed by atoms with E-state index >= 15 is 0 Å². The zero-order valence-electron chi connectivity index (χ0n) is 15.5. The summed E-state index contributed by atoms with van der Waals surface area (Å²) >= 11 is 0. The van der Waals surface area contributed by atoms with Gasteiger partial charge in [0.15, 0.2) is 11.5 Å². The van der Waals surface area contributed by atoms with E-state index in [1.807, 2.05) is 6.07 Å². The number of aromatic nitrogens is 3. The number of anilines is 4. The Hall–Kier alpha value is -3.95. The van der Waals surface area contributed by atoms with Gasteiger partial charge in [0.2, 0.25) is 11.9 Å². The van der Waals surface area contributed by atoms with Crippen LogP contribution >= 0.6 is 0 Å². The second kappa shape index (κ2) is 8.16. The third-order valence-electron chi connectivity index (χ3n) is 3.95. The van der Waals surface area contributed by atoms with Gasteiger partial charge in [-0.3, -0.25) is 10.1 Å². The van der Waals surface area contributed by atoms with Crippen molar-refractivity contribution in [1.29, 1.82) is 0 Å². The van der Waals surface area contributed by atoms with Gasteiger partial charge in [-0.2, -0.15) is 4.98 Å². The molecule has 0 spiro atoms. The topological polar surface area (TPSA) is 116 Å². The lowest BCUT2D eigenvalue weighted by molar-refractivity contribution is -0.384. The van der Waals surface area contributed by atoms with E-state index in [-0.39, 0.29) is 5.69 Å². The van der Waals surface area contributed by atoms with Crippen LogP contribution in [0.1, 0.15) is 0 Å². The van der Waals surface area contributed by atoms with Gasteiger partial charge in [0, 0.05) is 36.6 Å². The number of rotatable bonds is 7. The molecule has 144 valence electrons. The molecule has 0 aliphatic carbocycles. The summed E-state index contributed by atoms with van der Waals surface area (Å²) in [7, 11) is 4.88. The summed E-state index contributed by atoms with van der Waals surface area (Å²) in [5.74, 6) is 1.91. The van der Waals surface area contributed by atoms with Gasteiger partial charge in [0.05, 0.1) is 19.1 Å². The van der Waals surface area contributed by atoms with E-state index in [9.17, 15) is 10.1 Å². The molecule has 0 fully saturated rings. The molecule has 0 saturated heterocycles. The third kappa shape index (κ3) is 4.06. The number of nitrogens with one attached hydrogen (secondary N) is 1. The van der Waals surface area contributed by atoms with Gasteiger partial charge >= 0.3 is 0 Å². The van der Waals surface area contributed by atoms with E-state index < -0.39 is 4.92 Å². The fourth-order valence-electron chi connectivity index (χ4n) is 2.47. The van der Waals surface area contributed by atoms with E-state index in [0.717, 1.165) is 0 Å². The average Bonchev–Trinajstić information content (AvgIpc) is 2.73. The molecule has 0 amide bonds. The highest BCUT2D eigenvalue weighted by atomic mass is 16.6. The molecule has 3 aromatic rings. The summed E-state index contributed by atoms with van der Waals surface area (Å²) < 4.78 is 10.5. The lowest BCUT2D eigenvalue weighted by Crippen LogP contribution is -2.14. The van der Waals surface area contributed by atoms with Gasteiger partial charge in [0.1, 0.15) is 6.33 Å². The van der Waals surface area contributed by atoms with Crippen molar-refractivity contribution < 1.29 is 14.4 Å². The number of nitro benzene ring substituents is 1. The van der Waals surface area contributed by atoms with Crippen LogP contribution in [0.5, 0.6) is 11.5 Å². The van der Waals surface area contributed by atoms with Crippen LogP contribution in [0, 0.1) is 10.1 Å². The fourth-order valence-corrected chi connectivity index (χ4v) is 2.47. The molecule has 0 unspecified atom stereocenters. The minimum atomic E-state index is -0.447. The van der Waals surface area contributed by atoms with Gasteiger partial charge in [-0.15, -0.1) is 0 Å². The summed E-state index contributed by atoms with van der Waals surface area (Å²) in [6, 6.07) is 11.5. The number of hydrogen-bond donors (Lipinski definition) is 1. The number of ether oxygens (including phenoxy) is 2. The third-order valence-corrected chi connectivity index (χ3v) is 3.95. The number of benzene rings is 2. The van der Waals surface area contributed by atoms with Crippen LogP contribution in [0.4, 0.5) is 29.0 Å². The van der Waals surface area contributed by atoms with Crippen LogP contribution in [-0.2, 0) is 0 Å². The van der Waals surface area contributed by atoms with Crippen molar-refractivity contribution in [2.24, 2.45) is 0 Å². The number of nitro groups is 1. The summed E-state index contributed by atoms with van der Waals surface area (Å²) in [6.45, 7) is 0. The van der Waals surface area contributed by atoms with Crippen LogP contribution < -0.4 is 19.7 Å². The van der Waals surface area contributed by atoms with Gasteiger partial charge in [-0.05, 0) is 24.3 Å². The smallest absolute Gasteiger partial charge is 0.269 e. The minimum absolute atomic E-state index is 0.0172. The van der Waals surface area contributed by atoms with Crippen LogP contribution in [0.25, 0.3) is 0 Å². The highest BCUT2D eigenvalue weighted by Crippen LogP contribution is 2.31. The molecular formula is C18H18N6O4. The van der Waals surface area contributed by atoms with Crippen molar-refractivity contribution in [3.8, 4) is 11.5 Å². The molecule has 1 aromatic heterocycles. The Labute approximate surface area is 160 Å². The van der Waals surface area contributed by atoms with Crippen molar-refractivity contribution in [2.75, 3.05) is 31.5 Å². The molecule has 0 aliphatic rings. The Morgan fingerprint density at radius 2 is 1.75 bits per heavy atom. The molecule has 0 aliphatic heterocycles. The first-order valence-corrected chi connectivity index (χ1v) is 8.18. The van der Waals surface area contributed by atoms with Crippen molar-refractivity contribution >= 4 is 29.0 Å². The molecule has 0 bridgehead atoms. The molecule has 10 heteroatoms. The van der Waals surface area contributed by atoms with E-state index in [1.54, 1.807) is 50.4 Å². The lowest BCUT2D eigenvalue weighted by Gasteiger charge is -2.17. The molecule has 1 N–H and O–H groups in total. The van der Waals surface area contributed by atoms with Gasteiger partial charge in [-0.1, -0.05) is 0 Å². The summed E-state index contributed by atoms with van der Waals surface area (Å²) in [5, 5.41) is 13.9. The second-order valence-electron chi connectivity index (χ2n) is 5.64. The van der Waals surface area contributed by atoms with Gasteiger partial charge < -0.3 is 19.7 Å². The number of nitrogens with zero attached hydrogens (tertiary/aromatic N) is 5. The Balaban J connectivity index is 1.81. The first kappa shape index (κ1) is 18.8.